The van der Waals surface area contributed by atoms with Gasteiger partial charge in [-0.25, -0.2) is 9.97 Å². The molecule has 1 aromatic heterocycles. The molecule has 0 aliphatic carbocycles. The van der Waals surface area contributed by atoms with Gasteiger partial charge in [0.05, 0.1) is 4.47 Å². The fourth-order valence-electron chi connectivity index (χ4n) is 1.45. The lowest BCUT2D eigenvalue weighted by atomic mass is 10.1. The van der Waals surface area contributed by atoms with Gasteiger partial charge in [-0.15, -0.1) is 0 Å². The summed E-state index contributed by atoms with van der Waals surface area (Å²) in [6, 6.07) is 7.70. The summed E-state index contributed by atoms with van der Waals surface area (Å²) < 4.78 is 0.861. The standard InChI is InChI=1S/C12H11BrClN3/c1-15-12-10(13)7-16-11(17-12)6-8-2-4-9(14)5-3-8/h2-5,7H,6H2,1H3,(H,15,16,17). The van der Waals surface area contributed by atoms with Crippen LogP contribution in [-0.2, 0) is 6.42 Å². The van der Waals surface area contributed by atoms with E-state index in [2.05, 4.69) is 31.2 Å². The fourth-order valence-corrected chi connectivity index (χ4v) is 1.96. The molecule has 0 saturated heterocycles. The SMILES string of the molecule is CNc1nc(Cc2ccc(Cl)cc2)ncc1Br. The van der Waals surface area contributed by atoms with E-state index in [-0.39, 0.29) is 0 Å². The third-order valence-corrected chi connectivity index (χ3v) is 3.14. The number of aromatic nitrogens is 2. The molecule has 0 saturated carbocycles. The Morgan fingerprint density at radius 2 is 2.00 bits per heavy atom. The molecule has 17 heavy (non-hydrogen) atoms. The van der Waals surface area contributed by atoms with E-state index in [1.54, 1.807) is 6.20 Å². The van der Waals surface area contributed by atoms with Crippen LogP contribution in [0.25, 0.3) is 0 Å². The van der Waals surface area contributed by atoms with Gasteiger partial charge in [0, 0.05) is 24.7 Å². The predicted molar refractivity (Wildman–Crippen MR) is 73.5 cm³/mol. The van der Waals surface area contributed by atoms with Crippen molar-refractivity contribution in [2.24, 2.45) is 0 Å². The van der Waals surface area contributed by atoms with Gasteiger partial charge in [0.1, 0.15) is 11.6 Å². The number of nitrogens with one attached hydrogen (secondary N) is 1. The van der Waals surface area contributed by atoms with Gasteiger partial charge in [0.15, 0.2) is 0 Å². The molecule has 0 amide bonds. The molecular formula is C12H11BrClN3. The molecule has 0 bridgehead atoms. The number of rotatable bonds is 3. The van der Waals surface area contributed by atoms with Crippen LogP contribution in [0.2, 0.25) is 5.02 Å². The molecule has 0 unspecified atom stereocenters. The highest BCUT2D eigenvalue weighted by Gasteiger charge is 2.04. The van der Waals surface area contributed by atoms with Crippen molar-refractivity contribution in [3.8, 4) is 0 Å². The number of hydrogen-bond acceptors (Lipinski definition) is 3. The highest BCUT2D eigenvalue weighted by Crippen LogP contribution is 2.19. The highest BCUT2D eigenvalue weighted by atomic mass is 79.9. The molecule has 2 aromatic rings. The monoisotopic (exact) mass is 311 g/mol. The molecule has 1 heterocycles. The van der Waals surface area contributed by atoms with Crippen molar-refractivity contribution in [2.45, 2.75) is 6.42 Å². The van der Waals surface area contributed by atoms with Crippen molar-refractivity contribution in [1.29, 1.82) is 0 Å². The third kappa shape index (κ3) is 3.17. The minimum Gasteiger partial charge on any atom is -0.372 e. The molecule has 0 spiro atoms. The van der Waals surface area contributed by atoms with Crippen molar-refractivity contribution in [3.05, 3.63) is 51.3 Å². The van der Waals surface area contributed by atoms with E-state index in [4.69, 9.17) is 11.6 Å². The summed E-state index contributed by atoms with van der Waals surface area (Å²) in [5, 5.41) is 3.75. The number of hydrogen-bond donors (Lipinski definition) is 1. The zero-order valence-corrected chi connectivity index (χ0v) is 11.6. The summed E-state index contributed by atoms with van der Waals surface area (Å²) in [7, 11) is 1.83. The van der Waals surface area contributed by atoms with Gasteiger partial charge in [0.2, 0.25) is 0 Å². The summed E-state index contributed by atoms with van der Waals surface area (Å²) in [5.41, 5.74) is 1.14. The fraction of sp³-hybridized carbons (Fsp3) is 0.167. The predicted octanol–water partition coefficient (Wildman–Crippen LogP) is 3.53. The van der Waals surface area contributed by atoms with Gasteiger partial charge in [-0.2, -0.15) is 0 Å². The van der Waals surface area contributed by atoms with E-state index in [1.165, 1.54) is 0 Å². The molecule has 0 radical (unpaired) electrons. The summed E-state index contributed by atoms with van der Waals surface area (Å²) in [4.78, 5) is 8.68. The average molecular weight is 313 g/mol. The molecule has 0 fully saturated rings. The topological polar surface area (TPSA) is 37.8 Å². The van der Waals surface area contributed by atoms with Crippen molar-refractivity contribution in [3.63, 3.8) is 0 Å². The molecule has 3 nitrogen and oxygen atoms in total. The second kappa shape index (κ2) is 5.47. The van der Waals surface area contributed by atoms with Crippen molar-refractivity contribution in [2.75, 3.05) is 12.4 Å². The first-order valence-corrected chi connectivity index (χ1v) is 6.30. The largest absolute Gasteiger partial charge is 0.372 e. The van der Waals surface area contributed by atoms with Gasteiger partial charge in [-0.3, -0.25) is 0 Å². The molecular weight excluding hydrogens is 302 g/mol. The van der Waals surface area contributed by atoms with E-state index in [9.17, 15) is 0 Å². The maximum absolute atomic E-state index is 5.84. The summed E-state index contributed by atoms with van der Waals surface area (Å²) in [6.07, 6.45) is 2.45. The zero-order valence-electron chi connectivity index (χ0n) is 9.24. The Bertz CT molecular complexity index is 514. The second-order valence-electron chi connectivity index (χ2n) is 3.54. The van der Waals surface area contributed by atoms with Crippen LogP contribution in [0.3, 0.4) is 0 Å². The van der Waals surface area contributed by atoms with E-state index < -0.39 is 0 Å². The van der Waals surface area contributed by atoms with Crippen LogP contribution in [0, 0.1) is 0 Å². The van der Waals surface area contributed by atoms with Gasteiger partial charge < -0.3 is 5.32 Å². The van der Waals surface area contributed by atoms with Gasteiger partial charge in [0.25, 0.3) is 0 Å². The molecule has 0 aliphatic heterocycles. The van der Waals surface area contributed by atoms with Crippen LogP contribution >= 0.6 is 27.5 Å². The van der Waals surface area contributed by atoms with E-state index in [1.807, 2.05) is 31.3 Å². The first-order chi connectivity index (χ1) is 8.19. The molecule has 0 atom stereocenters. The normalized spacial score (nSPS) is 10.3. The first-order valence-electron chi connectivity index (χ1n) is 5.12. The van der Waals surface area contributed by atoms with Crippen LogP contribution in [0.1, 0.15) is 11.4 Å². The summed E-state index contributed by atoms with van der Waals surface area (Å²) in [6.45, 7) is 0. The molecule has 5 heteroatoms. The van der Waals surface area contributed by atoms with Crippen LogP contribution < -0.4 is 5.32 Å². The van der Waals surface area contributed by atoms with Gasteiger partial charge >= 0.3 is 0 Å². The maximum Gasteiger partial charge on any atom is 0.143 e. The van der Waals surface area contributed by atoms with Gasteiger partial charge in [-0.05, 0) is 33.6 Å². The van der Waals surface area contributed by atoms with Gasteiger partial charge in [-0.1, -0.05) is 23.7 Å². The zero-order chi connectivity index (χ0) is 12.3. The number of anilines is 1. The van der Waals surface area contributed by atoms with E-state index >= 15 is 0 Å². The first kappa shape index (κ1) is 12.3. The van der Waals surface area contributed by atoms with Crippen molar-refractivity contribution < 1.29 is 0 Å². The quantitative estimate of drug-likeness (QED) is 0.942. The smallest absolute Gasteiger partial charge is 0.143 e. The molecule has 88 valence electrons. The lowest BCUT2D eigenvalue weighted by molar-refractivity contribution is 0.963. The van der Waals surface area contributed by atoms with E-state index in [0.717, 1.165) is 26.7 Å². The van der Waals surface area contributed by atoms with E-state index in [0.29, 0.717) is 6.42 Å². The van der Waals surface area contributed by atoms with Crippen molar-refractivity contribution in [1.82, 2.24) is 9.97 Å². The number of nitrogens with zero attached hydrogens (tertiary/aromatic N) is 2. The molecule has 1 N–H and O–H groups in total. The maximum atomic E-state index is 5.84. The highest BCUT2D eigenvalue weighted by molar-refractivity contribution is 9.10. The second-order valence-corrected chi connectivity index (χ2v) is 4.83. The number of benzene rings is 1. The molecule has 0 aliphatic rings. The Labute approximate surface area is 113 Å². The van der Waals surface area contributed by atoms with Crippen LogP contribution in [0.5, 0.6) is 0 Å². The lowest BCUT2D eigenvalue weighted by Crippen LogP contribution is -2.01. The van der Waals surface area contributed by atoms with Crippen molar-refractivity contribution >= 4 is 33.3 Å². The Balaban J connectivity index is 2.21. The minimum absolute atomic E-state index is 0.694. The average Bonchev–Trinajstić information content (AvgIpc) is 2.34. The lowest BCUT2D eigenvalue weighted by Gasteiger charge is -2.05. The van der Waals surface area contributed by atoms with Crippen LogP contribution in [0.4, 0.5) is 5.82 Å². The summed E-state index contributed by atoms with van der Waals surface area (Å²) >= 11 is 9.22. The van der Waals surface area contributed by atoms with Crippen LogP contribution in [-0.4, -0.2) is 17.0 Å². The van der Waals surface area contributed by atoms with Crippen LogP contribution in [0.15, 0.2) is 34.9 Å². The molecule has 2 rings (SSSR count). The third-order valence-electron chi connectivity index (χ3n) is 2.31. The Hall–Kier alpha value is -1.13. The Kier molecular flexibility index (Phi) is 3.97. The number of halogens is 2. The Morgan fingerprint density at radius 1 is 1.29 bits per heavy atom. The molecule has 1 aromatic carbocycles. The minimum atomic E-state index is 0.694. The Morgan fingerprint density at radius 3 is 2.65 bits per heavy atom. The summed E-state index contributed by atoms with van der Waals surface area (Å²) in [5.74, 6) is 1.57.